The van der Waals surface area contributed by atoms with E-state index < -0.39 is 5.97 Å². The summed E-state index contributed by atoms with van der Waals surface area (Å²) < 4.78 is 14.9. The Bertz CT molecular complexity index is 361. The summed E-state index contributed by atoms with van der Waals surface area (Å²) in [5, 5.41) is 9.26. The largest absolute Gasteiger partial charge is 0.508 e. The summed E-state index contributed by atoms with van der Waals surface area (Å²) in [7, 11) is 1.28. The van der Waals surface area contributed by atoms with Crippen LogP contribution in [0.1, 0.15) is 6.92 Å². The van der Waals surface area contributed by atoms with E-state index in [0.717, 1.165) is 0 Å². The predicted octanol–water partition coefficient (Wildman–Crippen LogP) is 1.34. The van der Waals surface area contributed by atoms with Crippen molar-refractivity contribution in [1.82, 2.24) is 0 Å². The molecule has 5 nitrogen and oxygen atoms in total. The number of ether oxygens (including phenoxy) is 3. The molecule has 0 atom stereocenters. The van der Waals surface area contributed by atoms with Crippen molar-refractivity contribution in [2.75, 3.05) is 20.3 Å². The maximum Gasteiger partial charge on any atom is 0.343 e. The van der Waals surface area contributed by atoms with Crippen molar-refractivity contribution in [3.05, 3.63) is 18.2 Å². The summed E-state index contributed by atoms with van der Waals surface area (Å²) in [6.45, 7) is 2.06. The van der Waals surface area contributed by atoms with Gasteiger partial charge in [-0.2, -0.15) is 0 Å². The molecule has 0 spiro atoms. The topological polar surface area (TPSA) is 65.0 Å². The molecule has 0 aliphatic rings. The molecule has 0 radical (unpaired) electrons. The van der Waals surface area contributed by atoms with E-state index in [4.69, 9.17) is 9.47 Å². The van der Waals surface area contributed by atoms with Crippen LogP contribution in [0.3, 0.4) is 0 Å². The van der Waals surface area contributed by atoms with Crippen LogP contribution in [0.25, 0.3) is 0 Å². The summed E-state index contributed by atoms with van der Waals surface area (Å²) in [5.74, 6) is 0.390. The monoisotopic (exact) mass is 226 g/mol. The van der Waals surface area contributed by atoms with E-state index >= 15 is 0 Å². The Labute approximate surface area is 93.6 Å². The minimum Gasteiger partial charge on any atom is -0.508 e. The van der Waals surface area contributed by atoms with E-state index in [9.17, 15) is 9.90 Å². The highest BCUT2D eigenvalue weighted by molar-refractivity contribution is 5.71. The van der Waals surface area contributed by atoms with Gasteiger partial charge in [-0.25, -0.2) is 4.79 Å². The zero-order chi connectivity index (χ0) is 12.0. The molecule has 0 bridgehead atoms. The zero-order valence-electron chi connectivity index (χ0n) is 9.23. The molecule has 0 heterocycles. The molecular formula is C11H14O5. The van der Waals surface area contributed by atoms with Gasteiger partial charge in [-0.15, -0.1) is 0 Å². The summed E-state index contributed by atoms with van der Waals surface area (Å²) >= 11 is 0. The number of esters is 1. The summed E-state index contributed by atoms with van der Waals surface area (Å²) in [6, 6.07) is 4.41. The third kappa shape index (κ3) is 3.34. The number of aromatic hydroxyl groups is 1. The highest BCUT2D eigenvalue weighted by atomic mass is 16.6. The van der Waals surface area contributed by atoms with Gasteiger partial charge >= 0.3 is 5.97 Å². The second-order valence-corrected chi connectivity index (χ2v) is 2.93. The molecule has 1 aromatic carbocycles. The average molecular weight is 226 g/mol. The molecule has 0 saturated heterocycles. The quantitative estimate of drug-likeness (QED) is 0.767. The van der Waals surface area contributed by atoms with E-state index in [-0.39, 0.29) is 12.4 Å². The lowest BCUT2D eigenvalue weighted by Crippen LogP contribution is -2.13. The lowest BCUT2D eigenvalue weighted by molar-refractivity contribution is -0.142. The normalized spacial score (nSPS) is 9.62. The molecule has 1 aromatic rings. The maximum atomic E-state index is 10.9. The Morgan fingerprint density at radius 1 is 1.31 bits per heavy atom. The molecule has 0 fully saturated rings. The minimum atomic E-state index is -0.476. The van der Waals surface area contributed by atoms with Crippen LogP contribution >= 0.6 is 0 Å². The number of rotatable bonds is 5. The molecule has 0 saturated carbocycles. The first kappa shape index (κ1) is 12.2. The van der Waals surface area contributed by atoms with Gasteiger partial charge in [-0.05, 0) is 19.1 Å². The Kier molecular flexibility index (Phi) is 4.44. The lowest BCUT2D eigenvalue weighted by atomic mass is 10.3. The first-order chi connectivity index (χ1) is 7.67. The van der Waals surface area contributed by atoms with Crippen molar-refractivity contribution >= 4 is 5.97 Å². The highest BCUT2D eigenvalue weighted by Gasteiger charge is 2.08. The van der Waals surface area contributed by atoms with E-state index in [1.54, 1.807) is 0 Å². The van der Waals surface area contributed by atoms with Crippen LogP contribution in [-0.2, 0) is 9.53 Å². The smallest absolute Gasteiger partial charge is 0.343 e. The maximum absolute atomic E-state index is 10.9. The van der Waals surface area contributed by atoms with Crippen LogP contribution in [0.15, 0.2) is 18.2 Å². The van der Waals surface area contributed by atoms with Crippen LogP contribution in [0.2, 0.25) is 0 Å². The van der Waals surface area contributed by atoms with Crippen molar-refractivity contribution < 1.29 is 24.1 Å². The van der Waals surface area contributed by atoms with Gasteiger partial charge in [0.25, 0.3) is 0 Å². The van der Waals surface area contributed by atoms with Crippen LogP contribution in [0.4, 0.5) is 0 Å². The molecule has 16 heavy (non-hydrogen) atoms. The van der Waals surface area contributed by atoms with Crippen molar-refractivity contribution in [3.8, 4) is 17.2 Å². The van der Waals surface area contributed by atoms with Crippen molar-refractivity contribution in [2.24, 2.45) is 0 Å². The molecule has 0 amide bonds. The van der Waals surface area contributed by atoms with Crippen molar-refractivity contribution in [3.63, 3.8) is 0 Å². The molecule has 1 N–H and O–H groups in total. The van der Waals surface area contributed by atoms with E-state index in [1.807, 2.05) is 6.92 Å². The number of hydrogen-bond donors (Lipinski definition) is 1. The van der Waals surface area contributed by atoms with Gasteiger partial charge in [-0.3, -0.25) is 0 Å². The highest BCUT2D eigenvalue weighted by Crippen LogP contribution is 2.30. The Morgan fingerprint density at radius 3 is 2.69 bits per heavy atom. The number of phenols is 1. The molecule has 0 unspecified atom stereocenters. The number of carbonyl (C=O) groups excluding carboxylic acids is 1. The summed E-state index contributed by atoms with van der Waals surface area (Å²) in [6.07, 6.45) is 0. The Morgan fingerprint density at radius 2 is 2.06 bits per heavy atom. The number of carbonyl (C=O) groups is 1. The number of phenolic OH excluding ortho intramolecular Hbond substituents is 1. The lowest BCUT2D eigenvalue weighted by Gasteiger charge is -2.11. The van der Waals surface area contributed by atoms with Gasteiger partial charge < -0.3 is 19.3 Å². The molecule has 88 valence electrons. The third-order valence-electron chi connectivity index (χ3n) is 1.80. The minimum absolute atomic E-state index is 0.0777. The molecule has 0 aliphatic heterocycles. The van der Waals surface area contributed by atoms with Crippen molar-refractivity contribution in [1.29, 1.82) is 0 Å². The fraction of sp³-hybridized carbons (Fsp3) is 0.364. The SMILES string of the molecule is CCOc1cc(O)ccc1OCC(=O)OC. The van der Waals surface area contributed by atoms with Gasteiger partial charge in [0.1, 0.15) is 5.75 Å². The van der Waals surface area contributed by atoms with E-state index in [0.29, 0.717) is 18.1 Å². The molecule has 0 aliphatic carbocycles. The van der Waals surface area contributed by atoms with Crippen LogP contribution in [0.5, 0.6) is 17.2 Å². The summed E-state index contributed by atoms with van der Waals surface area (Å²) in [5.41, 5.74) is 0. The van der Waals surface area contributed by atoms with Gasteiger partial charge in [0.2, 0.25) is 0 Å². The average Bonchev–Trinajstić information content (AvgIpc) is 2.28. The molecule has 0 aromatic heterocycles. The van der Waals surface area contributed by atoms with Crippen LogP contribution in [-0.4, -0.2) is 31.4 Å². The summed E-state index contributed by atoms with van der Waals surface area (Å²) in [4.78, 5) is 10.9. The van der Waals surface area contributed by atoms with Crippen LogP contribution < -0.4 is 9.47 Å². The fourth-order valence-electron chi connectivity index (χ4n) is 1.08. The molecular weight excluding hydrogens is 212 g/mol. The first-order valence-electron chi connectivity index (χ1n) is 4.82. The number of methoxy groups -OCH3 is 1. The second kappa shape index (κ2) is 5.85. The first-order valence-corrected chi connectivity index (χ1v) is 4.82. The molecule has 5 heteroatoms. The van der Waals surface area contributed by atoms with Crippen molar-refractivity contribution in [2.45, 2.75) is 6.92 Å². The van der Waals surface area contributed by atoms with Gasteiger partial charge in [0.05, 0.1) is 13.7 Å². The number of benzene rings is 1. The Balaban J connectivity index is 2.73. The van der Waals surface area contributed by atoms with Gasteiger partial charge in [0, 0.05) is 6.07 Å². The van der Waals surface area contributed by atoms with E-state index in [1.165, 1.54) is 25.3 Å². The standard InChI is InChI=1S/C11H14O5/c1-3-15-10-6-8(12)4-5-9(10)16-7-11(13)14-2/h4-6,12H,3,7H2,1-2H3. The third-order valence-corrected chi connectivity index (χ3v) is 1.80. The second-order valence-electron chi connectivity index (χ2n) is 2.93. The van der Waals surface area contributed by atoms with Crippen LogP contribution in [0, 0.1) is 0 Å². The fourth-order valence-corrected chi connectivity index (χ4v) is 1.08. The van der Waals surface area contributed by atoms with E-state index in [2.05, 4.69) is 4.74 Å². The predicted molar refractivity (Wildman–Crippen MR) is 56.8 cm³/mol. The Hall–Kier alpha value is -1.91. The molecule has 1 rings (SSSR count). The zero-order valence-corrected chi connectivity index (χ0v) is 9.23. The van der Waals surface area contributed by atoms with Gasteiger partial charge in [-0.1, -0.05) is 0 Å². The van der Waals surface area contributed by atoms with Gasteiger partial charge in [0.15, 0.2) is 18.1 Å². The number of hydrogen-bond acceptors (Lipinski definition) is 5.